The number of nitrogens with two attached hydrogens (primary N) is 1. The lowest BCUT2D eigenvalue weighted by Gasteiger charge is -2.30. The van der Waals surface area contributed by atoms with Crippen molar-refractivity contribution in [3.63, 3.8) is 0 Å². The van der Waals surface area contributed by atoms with E-state index in [2.05, 4.69) is 15.2 Å². The summed E-state index contributed by atoms with van der Waals surface area (Å²) in [4.78, 5) is 29.5. The van der Waals surface area contributed by atoms with Crippen molar-refractivity contribution in [2.75, 3.05) is 20.2 Å². The zero-order chi connectivity index (χ0) is 17.1. The van der Waals surface area contributed by atoms with Gasteiger partial charge in [-0.3, -0.25) is 14.7 Å². The van der Waals surface area contributed by atoms with Gasteiger partial charge in [0.1, 0.15) is 5.69 Å². The van der Waals surface area contributed by atoms with Crippen molar-refractivity contribution in [3.8, 4) is 17.1 Å². The SMILES string of the molecule is COc1cc(-c2cc(C(=O)N3CCC(C(N)=O)CC3)[nH]n2)ccn1. The summed E-state index contributed by atoms with van der Waals surface area (Å²) in [5.74, 6) is -0.0807. The molecule has 0 unspecified atom stereocenters. The molecule has 0 spiro atoms. The van der Waals surface area contributed by atoms with Crippen LogP contribution in [-0.4, -0.2) is 52.1 Å². The largest absolute Gasteiger partial charge is 0.481 e. The lowest BCUT2D eigenvalue weighted by atomic mass is 9.96. The molecule has 0 radical (unpaired) electrons. The van der Waals surface area contributed by atoms with E-state index in [4.69, 9.17) is 10.5 Å². The Bertz CT molecular complexity index is 750. The smallest absolute Gasteiger partial charge is 0.271 e. The summed E-state index contributed by atoms with van der Waals surface area (Å²) in [7, 11) is 1.54. The number of aromatic amines is 1. The number of primary amides is 1. The van der Waals surface area contributed by atoms with Gasteiger partial charge < -0.3 is 15.4 Å². The molecule has 0 saturated carbocycles. The van der Waals surface area contributed by atoms with Crippen LogP contribution in [0.25, 0.3) is 11.3 Å². The molecule has 1 fully saturated rings. The number of rotatable bonds is 4. The normalized spacial score (nSPS) is 15.3. The van der Waals surface area contributed by atoms with E-state index in [1.54, 1.807) is 36.4 Å². The Hall–Kier alpha value is -2.90. The van der Waals surface area contributed by atoms with Crippen molar-refractivity contribution in [3.05, 3.63) is 30.1 Å². The first-order chi connectivity index (χ1) is 11.6. The van der Waals surface area contributed by atoms with Crippen LogP contribution in [0.15, 0.2) is 24.4 Å². The van der Waals surface area contributed by atoms with E-state index >= 15 is 0 Å². The van der Waals surface area contributed by atoms with E-state index in [9.17, 15) is 9.59 Å². The topological polar surface area (TPSA) is 114 Å². The highest BCUT2D eigenvalue weighted by molar-refractivity contribution is 5.93. The van der Waals surface area contributed by atoms with Crippen molar-refractivity contribution in [1.82, 2.24) is 20.1 Å². The number of amides is 2. The molecule has 126 valence electrons. The first kappa shape index (κ1) is 16.0. The van der Waals surface area contributed by atoms with Gasteiger partial charge in [0.25, 0.3) is 5.91 Å². The Morgan fingerprint density at radius 3 is 2.75 bits per heavy atom. The zero-order valence-corrected chi connectivity index (χ0v) is 13.4. The number of H-pyrrole nitrogens is 1. The first-order valence-corrected chi connectivity index (χ1v) is 7.73. The number of hydrogen-bond donors (Lipinski definition) is 2. The molecular formula is C16H19N5O3. The maximum atomic E-state index is 12.5. The molecule has 0 aromatic carbocycles. The summed E-state index contributed by atoms with van der Waals surface area (Å²) in [5, 5.41) is 6.97. The van der Waals surface area contributed by atoms with Gasteiger partial charge in [0.05, 0.1) is 12.8 Å². The number of carbonyl (C=O) groups excluding carboxylic acids is 2. The van der Waals surface area contributed by atoms with Gasteiger partial charge in [-0.1, -0.05) is 0 Å². The number of nitrogens with zero attached hydrogens (tertiary/aromatic N) is 3. The van der Waals surface area contributed by atoms with Crippen LogP contribution in [0, 0.1) is 5.92 Å². The number of likely N-dealkylation sites (tertiary alicyclic amines) is 1. The monoisotopic (exact) mass is 329 g/mol. The summed E-state index contributed by atoms with van der Waals surface area (Å²) >= 11 is 0. The summed E-state index contributed by atoms with van der Waals surface area (Å²) in [5.41, 5.74) is 7.19. The number of aromatic nitrogens is 3. The van der Waals surface area contributed by atoms with Crippen LogP contribution in [0.5, 0.6) is 5.88 Å². The number of ether oxygens (including phenoxy) is 1. The third kappa shape index (κ3) is 3.22. The molecule has 1 saturated heterocycles. The fraction of sp³-hybridized carbons (Fsp3) is 0.375. The maximum absolute atomic E-state index is 12.5. The minimum absolute atomic E-state index is 0.127. The predicted molar refractivity (Wildman–Crippen MR) is 86.2 cm³/mol. The standard InChI is InChI=1S/C16H19N5O3/c1-24-14-8-11(2-5-18-14)12-9-13(20-19-12)16(23)21-6-3-10(4-7-21)15(17)22/h2,5,8-10H,3-4,6-7H2,1H3,(H2,17,22)(H,19,20). The van der Waals surface area contributed by atoms with E-state index in [1.165, 1.54) is 0 Å². The molecule has 8 heteroatoms. The van der Waals surface area contributed by atoms with Crippen molar-refractivity contribution >= 4 is 11.8 Å². The molecule has 24 heavy (non-hydrogen) atoms. The average molecular weight is 329 g/mol. The first-order valence-electron chi connectivity index (χ1n) is 7.73. The fourth-order valence-corrected chi connectivity index (χ4v) is 2.80. The Kier molecular flexibility index (Phi) is 4.45. The van der Waals surface area contributed by atoms with E-state index < -0.39 is 0 Å². The van der Waals surface area contributed by atoms with Crippen LogP contribution in [0.1, 0.15) is 23.3 Å². The number of piperidine rings is 1. The second kappa shape index (κ2) is 6.69. The Labute approximate surface area is 139 Å². The molecule has 3 N–H and O–H groups in total. The highest BCUT2D eigenvalue weighted by Gasteiger charge is 2.27. The lowest BCUT2D eigenvalue weighted by Crippen LogP contribution is -2.41. The second-order valence-corrected chi connectivity index (χ2v) is 5.72. The summed E-state index contributed by atoms with van der Waals surface area (Å²) in [6.45, 7) is 1.04. The fourth-order valence-electron chi connectivity index (χ4n) is 2.80. The minimum Gasteiger partial charge on any atom is -0.481 e. The Morgan fingerprint density at radius 2 is 2.08 bits per heavy atom. The molecule has 0 bridgehead atoms. The van der Waals surface area contributed by atoms with Crippen molar-refractivity contribution in [1.29, 1.82) is 0 Å². The second-order valence-electron chi connectivity index (χ2n) is 5.72. The molecular weight excluding hydrogens is 310 g/mol. The van der Waals surface area contributed by atoms with E-state index in [0.717, 1.165) is 5.56 Å². The predicted octanol–water partition coefficient (Wildman–Crippen LogP) is 0.818. The van der Waals surface area contributed by atoms with E-state index in [1.807, 2.05) is 0 Å². The minimum atomic E-state index is -0.294. The van der Waals surface area contributed by atoms with Crippen molar-refractivity contribution in [2.24, 2.45) is 11.7 Å². The van der Waals surface area contributed by atoms with Gasteiger partial charge in [-0.05, 0) is 25.0 Å². The highest BCUT2D eigenvalue weighted by Crippen LogP contribution is 2.22. The van der Waals surface area contributed by atoms with Crippen LogP contribution in [-0.2, 0) is 4.79 Å². The molecule has 2 aromatic heterocycles. The van der Waals surface area contributed by atoms with Crippen LogP contribution >= 0.6 is 0 Å². The third-order valence-corrected chi connectivity index (χ3v) is 4.23. The molecule has 3 heterocycles. The number of hydrogen-bond acceptors (Lipinski definition) is 5. The summed E-state index contributed by atoms with van der Waals surface area (Å²) in [6, 6.07) is 5.26. The molecule has 0 aliphatic carbocycles. The molecule has 0 atom stereocenters. The van der Waals surface area contributed by atoms with Crippen LogP contribution in [0.3, 0.4) is 0 Å². The maximum Gasteiger partial charge on any atom is 0.271 e. The van der Waals surface area contributed by atoms with Gasteiger partial charge in [-0.2, -0.15) is 5.10 Å². The molecule has 3 rings (SSSR count). The van der Waals surface area contributed by atoms with Gasteiger partial charge in [0.15, 0.2) is 0 Å². The van der Waals surface area contributed by atoms with Gasteiger partial charge in [-0.25, -0.2) is 4.98 Å². The molecule has 1 aliphatic heterocycles. The van der Waals surface area contributed by atoms with Crippen LogP contribution in [0.2, 0.25) is 0 Å². The Morgan fingerprint density at radius 1 is 1.33 bits per heavy atom. The number of carbonyl (C=O) groups is 2. The highest BCUT2D eigenvalue weighted by atomic mass is 16.5. The number of nitrogens with one attached hydrogen (secondary N) is 1. The van der Waals surface area contributed by atoms with Gasteiger partial charge >= 0.3 is 0 Å². The Balaban J connectivity index is 1.71. The number of methoxy groups -OCH3 is 1. The summed E-state index contributed by atoms with van der Waals surface area (Å²) in [6.07, 6.45) is 2.83. The molecule has 2 amide bonds. The zero-order valence-electron chi connectivity index (χ0n) is 13.4. The quantitative estimate of drug-likeness (QED) is 0.862. The molecule has 1 aliphatic rings. The molecule has 2 aromatic rings. The van der Waals surface area contributed by atoms with Gasteiger partial charge in [-0.15, -0.1) is 0 Å². The third-order valence-electron chi connectivity index (χ3n) is 4.23. The van der Waals surface area contributed by atoms with Crippen molar-refractivity contribution in [2.45, 2.75) is 12.8 Å². The molecule has 8 nitrogen and oxygen atoms in total. The van der Waals surface area contributed by atoms with Crippen LogP contribution in [0.4, 0.5) is 0 Å². The van der Waals surface area contributed by atoms with Gasteiger partial charge in [0, 0.05) is 36.8 Å². The average Bonchev–Trinajstić information content (AvgIpc) is 3.11. The van der Waals surface area contributed by atoms with Gasteiger partial charge in [0.2, 0.25) is 11.8 Å². The van der Waals surface area contributed by atoms with Crippen molar-refractivity contribution < 1.29 is 14.3 Å². The summed E-state index contributed by atoms with van der Waals surface area (Å²) < 4.78 is 5.09. The number of pyridine rings is 1. The van der Waals surface area contributed by atoms with E-state index in [0.29, 0.717) is 43.2 Å². The van der Waals surface area contributed by atoms with E-state index in [-0.39, 0.29) is 17.7 Å². The lowest BCUT2D eigenvalue weighted by molar-refractivity contribution is -0.123. The van der Waals surface area contributed by atoms with Crippen LogP contribution < -0.4 is 10.5 Å².